The predicted molar refractivity (Wildman–Crippen MR) is 465 cm³/mol. The van der Waals surface area contributed by atoms with Gasteiger partial charge in [-0.2, -0.15) is 0 Å². The third-order valence-electron chi connectivity index (χ3n) is 26.7. The van der Waals surface area contributed by atoms with E-state index in [4.69, 9.17) is 67.0 Å². The average Bonchev–Trinajstić information content (AvgIpc) is 0.783. The lowest BCUT2D eigenvalue weighted by Gasteiger charge is -2.49. The van der Waals surface area contributed by atoms with Crippen LogP contribution in [0.1, 0.15) is 194 Å². The van der Waals surface area contributed by atoms with Crippen molar-refractivity contribution in [2.45, 2.75) is 355 Å². The van der Waals surface area contributed by atoms with E-state index in [1.54, 1.807) is 6.07 Å². The Balaban J connectivity index is 0.000000241. The quantitative estimate of drug-likeness (QED) is 0.0226. The van der Waals surface area contributed by atoms with Gasteiger partial charge in [0, 0.05) is 80.1 Å². The van der Waals surface area contributed by atoms with Crippen LogP contribution in [0.15, 0.2) is 67.0 Å². The van der Waals surface area contributed by atoms with Gasteiger partial charge >= 0.3 is 29.2 Å². The third-order valence-corrected chi connectivity index (χ3v) is 26.7. The summed E-state index contributed by atoms with van der Waals surface area (Å²) in [6.45, 7) is 8.29. The van der Waals surface area contributed by atoms with Gasteiger partial charge in [0.1, 0.15) is 120 Å². The Hall–Kier alpha value is -8.22. The molecule has 20 N–H and O–H groups in total. The number of carbonyl (C=O) groups excluding carboxylic acids is 5. The van der Waals surface area contributed by atoms with Crippen molar-refractivity contribution in [1.29, 1.82) is 0 Å². The highest BCUT2D eigenvalue weighted by molar-refractivity contribution is 5.88. The second-order valence-electron chi connectivity index (χ2n) is 36.4. The third kappa shape index (κ3) is 28.7. The van der Waals surface area contributed by atoms with Gasteiger partial charge in [0.2, 0.25) is 17.7 Å². The number of rotatable bonds is 37. The molecule has 16 unspecified atom stereocenters. The summed E-state index contributed by atoms with van der Waals surface area (Å²) < 4.78 is 72.1. The maximum atomic E-state index is 14.0. The molecule has 6 heterocycles. The molecule has 2 aromatic heterocycles. The number of Topliss-reactive ketones (excluding diaryl/α,β-unsaturated/α-hetero) is 2. The van der Waals surface area contributed by atoms with E-state index < -0.39 is 237 Å². The van der Waals surface area contributed by atoms with E-state index in [9.17, 15) is 119 Å². The van der Waals surface area contributed by atoms with Crippen LogP contribution in [0.25, 0.3) is 21.9 Å². The molecule has 41 nitrogen and oxygen atoms in total. The minimum absolute atomic E-state index is 0.000917. The van der Waals surface area contributed by atoms with Gasteiger partial charge in [-0.25, -0.2) is 19.2 Å². The van der Waals surface area contributed by atoms with Crippen LogP contribution in [-0.4, -0.2) is 309 Å². The Kier molecular flexibility index (Phi) is 40.3. The summed E-state index contributed by atoms with van der Waals surface area (Å²) in [6.07, 6.45) is -20.0. The van der Waals surface area contributed by atoms with Crippen molar-refractivity contribution in [3.63, 3.8) is 0 Å². The van der Waals surface area contributed by atoms with Crippen molar-refractivity contribution in [2.75, 3.05) is 26.3 Å². The van der Waals surface area contributed by atoms with E-state index >= 15 is 0 Å². The Morgan fingerprint density at radius 3 is 1.25 bits per heavy atom. The normalized spacial score (nSPS) is 33.2. The van der Waals surface area contributed by atoms with Gasteiger partial charge in [-0.1, -0.05) is 90.9 Å². The average molecular weight is 1890 g/mol. The summed E-state index contributed by atoms with van der Waals surface area (Å²) in [5, 5.41) is 164. The lowest BCUT2D eigenvalue weighted by Crippen LogP contribution is -2.67. The molecule has 4 saturated carbocycles. The maximum Gasteiger partial charge on any atom is 0.336 e. The molecule has 4 saturated heterocycles. The number of nitrogens with two attached hydrogens (primary N) is 1. The molecule has 2 aromatic carbocycles. The summed E-state index contributed by atoms with van der Waals surface area (Å²) in [7, 11) is 0. The minimum Gasteiger partial charge on any atom is -0.508 e. The van der Waals surface area contributed by atoms with Gasteiger partial charge in [0.15, 0.2) is 37.4 Å². The van der Waals surface area contributed by atoms with Gasteiger partial charge in [0.05, 0.1) is 62.7 Å². The first-order valence-corrected chi connectivity index (χ1v) is 46.3. The van der Waals surface area contributed by atoms with Crippen molar-refractivity contribution in [2.24, 2.45) is 41.2 Å². The number of aliphatic carboxylic acids is 3. The number of ketones is 2. The highest BCUT2D eigenvalue weighted by Gasteiger charge is 2.56. The molecule has 744 valence electrons. The van der Waals surface area contributed by atoms with Crippen LogP contribution in [-0.2, 0) is 98.6 Å². The van der Waals surface area contributed by atoms with Gasteiger partial charge in [0.25, 0.3) is 0 Å². The summed E-state index contributed by atoms with van der Waals surface area (Å²) in [5.74, 6) is -7.12. The van der Waals surface area contributed by atoms with Crippen molar-refractivity contribution in [1.82, 2.24) is 16.0 Å². The van der Waals surface area contributed by atoms with Gasteiger partial charge in [-0.15, -0.1) is 0 Å². The number of carbonyl (C=O) groups is 8. The molecule has 41 heteroatoms. The largest absolute Gasteiger partial charge is 0.508 e. The summed E-state index contributed by atoms with van der Waals surface area (Å²) >= 11 is 0. The zero-order valence-corrected chi connectivity index (χ0v) is 75.7. The first-order chi connectivity index (χ1) is 63.3. The topological polar surface area (TPSA) is 655 Å². The van der Waals surface area contributed by atoms with Crippen molar-refractivity contribution in [3.05, 3.63) is 80.5 Å². The fourth-order valence-electron chi connectivity index (χ4n) is 19.6. The molecular formula is C92H134N4O37. The Morgan fingerprint density at radius 1 is 0.481 bits per heavy atom. The molecule has 8 fully saturated rings. The van der Waals surface area contributed by atoms with Crippen LogP contribution in [0.4, 0.5) is 0 Å². The number of carboxylic acids is 3. The van der Waals surface area contributed by atoms with E-state index in [0.29, 0.717) is 60.5 Å². The molecule has 12 rings (SSSR count). The summed E-state index contributed by atoms with van der Waals surface area (Å²) in [4.78, 5) is 125. The number of aromatic hydroxyl groups is 2. The molecule has 0 bridgehead atoms. The molecular weight excluding hydrogens is 1750 g/mol. The molecule has 4 aromatic rings. The first kappa shape index (κ1) is 107. The number of nitrogens with one attached hydrogen (secondary N) is 3. The smallest absolute Gasteiger partial charge is 0.336 e. The van der Waals surface area contributed by atoms with Crippen molar-refractivity contribution in [3.8, 4) is 11.5 Å². The zero-order valence-electron chi connectivity index (χ0n) is 75.7. The second kappa shape index (κ2) is 50.2. The fourth-order valence-corrected chi connectivity index (χ4v) is 19.6. The molecule has 0 radical (unpaired) electrons. The lowest BCUT2D eigenvalue weighted by molar-refractivity contribution is -0.338. The molecule has 30 atom stereocenters. The van der Waals surface area contributed by atoms with E-state index in [1.165, 1.54) is 64.1 Å². The maximum absolute atomic E-state index is 14.0. The molecule has 4 aliphatic carbocycles. The Morgan fingerprint density at radius 2 is 0.880 bits per heavy atom. The lowest BCUT2D eigenvalue weighted by atomic mass is 9.74. The van der Waals surface area contributed by atoms with Crippen LogP contribution < -0.4 is 32.9 Å². The van der Waals surface area contributed by atoms with E-state index in [2.05, 4.69) is 16.0 Å². The molecule has 3 amide bonds. The van der Waals surface area contributed by atoms with E-state index in [0.717, 1.165) is 70.3 Å². The van der Waals surface area contributed by atoms with E-state index in [-0.39, 0.29) is 116 Å². The van der Waals surface area contributed by atoms with Crippen LogP contribution >= 0.6 is 0 Å². The highest BCUT2D eigenvalue weighted by Crippen LogP contribution is 2.44. The van der Waals surface area contributed by atoms with Gasteiger partial charge in [-0.3, -0.25) is 28.8 Å². The van der Waals surface area contributed by atoms with Gasteiger partial charge < -0.3 is 154 Å². The number of phenolic OH excluding ortho intramolecular Hbond substituents is 2. The minimum atomic E-state index is -1.68. The molecule has 0 spiro atoms. The van der Waals surface area contributed by atoms with Crippen LogP contribution in [0.2, 0.25) is 0 Å². The number of amides is 3. The number of aliphatic hydroxyl groups is 10. The van der Waals surface area contributed by atoms with Crippen molar-refractivity contribution < 1.29 is 171 Å². The fraction of sp³-hybridized carbons (Fsp3) is 0.717. The number of aliphatic hydroxyl groups excluding tert-OH is 10. The number of benzene rings is 2. The number of ether oxygens (including phenoxy) is 10. The van der Waals surface area contributed by atoms with Gasteiger partial charge in [-0.05, 0) is 131 Å². The number of carboxylic acid groups (broad SMARTS) is 3. The molecule has 133 heavy (non-hydrogen) atoms. The predicted octanol–water partition coefficient (Wildman–Crippen LogP) is 1.78. The second-order valence-corrected chi connectivity index (χ2v) is 36.4. The first-order valence-electron chi connectivity index (χ1n) is 46.3. The number of hydrogen-bond acceptors (Lipinski definition) is 35. The highest BCUT2D eigenvalue weighted by atomic mass is 16.7. The Labute approximate surface area is 767 Å². The Bertz CT molecular complexity index is 4600. The number of fused-ring (bicyclic) bond motifs is 2. The van der Waals surface area contributed by atoms with Crippen LogP contribution in [0, 0.1) is 35.5 Å². The SMILES string of the molecule is CCC1CC(C(=O)CCCN)C[C@@H](O[C@@H]2OC(CO)C(O)C(O[C@@H](CC3CCCCC3)C(=O)O)C2NC(C)=O)[C@@H]1OC1O[C@@H](C)[C@H](O)C(O)[C@@H]1O.CCC1CC(C(=O)CCCNC(=O)Cc2cc(=O)oc3cc(O)ccc23)C[C@@H](O[C@@H]2OC(CO)C(O)C(O[C@@H](CC3CCCCC3)C(=O)O)C2NC(C)=O)[C@@H]1OC1O[C@@H](C)[C@H](O)C(O)[C@@H]1O.O=C(O)Cc1cc(=O)oc2cc(O)ccc12. The number of phenols is 2. The van der Waals surface area contributed by atoms with Crippen LogP contribution in [0.5, 0.6) is 11.5 Å². The zero-order chi connectivity index (χ0) is 96.9. The monoisotopic (exact) mass is 1890 g/mol. The molecule has 8 aliphatic rings. The van der Waals surface area contributed by atoms with Crippen molar-refractivity contribution >= 4 is 69.1 Å². The van der Waals surface area contributed by atoms with Crippen LogP contribution in [0.3, 0.4) is 0 Å². The van der Waals surface area contributed by atoms with E-state index in [1.807, 2.05) is 13.8 Å². The number of hydrogen-bond donors (Lipinski definition) is 19. The summed E-state index contributed by atoms with van der Waals surface area (Å²) in [6, 6.07) is 8.22. The standard InChI is InChI=1S/C46H66N2O18.C35H60N2O14.C11H8O5/c1-4-25-16-27(30(52)11-8-14-47-35(53)18-26-19-36(54)62-31-20-28(51)12-13-29(26)31)17-32(42(25)66-46-41(58)40(57)38(55)22(2)61-46)64-45-37(48-23(3)50)43(39(56)34(21-49)65-45)63-33(44(59)60)15-24-9-6-5-7-10-24;1-4-20-14-21(22(40)11-8-12-36)15-23(31(20)51-35-30(44)29(43)27(41)17(2)47-35)49-34-26(37-18(3)39)32(28(42)25(16-38)50-34)48-24(33(45)46)13-19-9-6-5-7-10-19;12-7-1-2-8-6(3-10(13)14)4-11(15)16-9(8)5-7/h12-13,19-20,22,24-25,27,32-34,37-43,45-46,49,51,55-58H,4-11,14-18,21H2,1-3H3,(H,47,53)(H,48,50)(H,59,60);17,19-21,23-32,34-35,38,41-44H,4-16,36H2,1-3H3,(H,37,39)(H,45,46);1-2,4-5,12H,3H2,(H,13,14)/t22-,25?,27?,32+,33-,34?,37?,38-,39?,40?,41-,42+,43?,45+,46?;17-,20?,21?,23+,24-,25?,26?,27-,28?,29?,30-,31+,32?,34+,35?;/m00./s1. The molecule has 4 aliphatic heterocycles. The summed E-state index contributed by atoms with van der Waals surface area (Å²) in [5.41, 5.74) is 5.46.